The first-order chi connectivity index (χ1) is 5.64. The van der Waals surface area contributed by atoms with Crippen LogP contribution < -0.4 is 0 Å². The van der Waals surface area contributed by atoms with Crippen LogP contribution in [0, 0.1) is 0 Å². The molecule has 0 aliphatic rings. The average Bonchev–Trinajstić information content (AvgIpc) is 1.99. The summed E-state index contributed by atoms with van der Waals surface area (Å²) in [5.74, 6) is -2.24. The SMILES string of the molecule is C=C=C(F)C(F)(Cl)C(F)C(F)(F)F. The molecule has 0 aromatic carbocycles. The first-order valence-electron chi connectivity index (χ1n) is 2.78. The Morgan fingerprint density at radius 3 is 1.92 bits per heavy atom. The van der Waals surface area contributed by atoms with E-state index in [1.54, 1.807) is 0 Å². The Balaban J connectivity index is 4.96. The van der Waals surface area contributed by atoms with Crippen LogP contribution in [0.5, 0.6) is 0 Å². The Labute approximate surface area is 74.5 Å². The minimum absolute atomic E-state index is 1.11. The molecular weight excluding hydrogens is 222 g/mol. The lowest BCUT2D eigenvalue weighted by molar-refractivity contribution is -0.200. The molecule has 0 fully saturated rings. The lowest BCUT2D eigenvalue weighted by Crippen LogP contribution is -2.41. The molecule has 0 aromatic rings. The Morgan fingerprint density at radius 1 is 1.31 bits per heavy atom. The largest absolute Gasteiger partial charge is 0.424 e. The van der Waals surface area contributed by atoms with E-state index in [-0.39, 0.29) is 0 Å². The Bertz CT molecular complexity index is 236. The fraction of sp³-hybridized carbons (Fsp3) is 0.500. The maximum absolute atomic E-state index is 12.5. The molecule has 0 spiro atoms. The van der Waals surface area contributed by atoms with Gasteiger partial charge in [0.2, 0.25) is 6.17 Å². The van der Waals surface area contributed by atoms with E-state index in [0.717, 1.165) is 5.73 Å². The fourth-order valence-corrected chi connectivity index (χ4v) is 0.625. The molecule has 7 heteroatoms. The number of rotatable bonds is 2. The number of hydrogen-bond donors (Lipinski definition) is 0. The second-order valence-electron chi connectivity index (χ2n) is 2.02. The third-order valence-corrected chi connectivity index (χ3v) is 1.41. The van der Waals surface area contributed by atoms with E-state index in [9.17, 15) is 26.3 Å². The van der Waals surface area contributed by atoms with Gasteiger partial charge in [-0.1, -0.05) is 23.9 Å². The molecule has 0 saturated heterocycles. The van der Waals surface area contributed by atoms with E-state index in [1.165, 1.54) is 0 Å². The van der Waals surface area contributed by atoms with Crippen molar-refractivity contribution in [2.24, 2.45) is 0 Å². The van der Waals surface area contributed by atoms with E-state index < -0.39 is 23.3 Å². The van der Waals surface area contributed by atoms with Crippen LogP contribution in [0.1, 0.15) is 0 Å². The summed E-state index contributed by atoms with van der Waals surface area (Å²) in [6, 6.07) is 0. The van der Waals surface area contributed by atoms with Crippen molar-refractivity contribution in [1.82, 2.24) is 0 Å². The summed E-state index contributed by atoms with van der Waals surface area (Å²) >= 11 is 4.35. The lowest BCUT2D eigenvalue weighted by Gasteiger charge is -2.21. The third kappa shape index (κ3) is 2.67. The van der Waals surface area contributed by atoms with E-state index in [1.807, 2.05) is 0 Å². The normalized spacial score (nSPS) is 18.7. The average molecular weight is 225 g/mol. The molecule has 0 nitrogen and oxygen atoms in total. The van der Waals surface area contributed by atoms with E-state index in [4.69, 9.17) is 0 Å². The molecule has 0 N–H and O–H groups in total. The first-order valence-corrected chi connectivity index (χ1v) is 3.16. The van der Waals surface area contributed by atoms with Crippen molar-refractivity contribution in [2.75, 3.05) is 0 Å². The van der Waals surface area contributed by atoms with Crippen LogP contribution in [-0.4, -0.2) is 17.5 Å². The molecule has 0 radical (unpaired) electrons. The second kappa shape index (κ2) is 3.64. The van der Waals surface area contributed by atoms with E-state index in [2.05, 4.69) is 18.2 Å². The highest BCUT2D eigenvalue weighted by Crippen LogP contribution is 2.41. The van der Waals surface area contributed by atoms with Gasteiger partial charge in [0.05, 0.1) is 0 Å². The zero-order valence-electron chi connectivity index (χ0n) is 5.93. The summed E-state index contributed by atoms with van der Waals surface area (Å²) in [4.78, 5) is 0. The van der Waals surface area contributed by atoms with Gasteiger partial charge in [-0.15, -0.1) is 0 Å². The Morgan fingerprint density at radius 2 is 1.69 bits per heavy atom. The maximum Gasteiger partial charge on any atom is 0.424 e. The highest BCUT2D eigenvalue weighted by atomic mass is 35.5. The topological polar surface area (TPSA) is 0 Å². The zero-order chi connectivity index (χ0) is 10.9. The van der Waals surface area contributed by atoms with Gasteiger partial charge in [-0.05, 0) is 0 Å². The molecule has 0 heterocycles. The number of alkyl halides is 6. The molecular formula is C6H3ClF6. The minimum Gasteiger partial charge on any atom is -0.232 e. The van der Waals surface area contributed by atoms with Crippen molar-refractivity contribution >= 4 is 11.6 Å². The molecule has 2 unspecified atom stereocenters. The molecule has 0 rings (SSSR count). The number of hydrogen-bond acceptors (Lipinski definition) is 0. The van der Waals surface area contributed by atoms with Gasteiger partial charge in [0.1, 0.15) is 0 Å². The molecule has 76 valence electrons. The maximum atomic E-state index is 12.5. The van der Waals surface area contributed by atoms with Gasteiger partial charge < -0.3 is 0 Å². The monoisotopic (exact) mass is 224 g/mol. The van der Waals surface area contributed by atoms with Crippen LogP contribution in [0.3, 0.4) is 0 Å². The van der Waals surface area contributed by atoms with Gasteiger partial charge >= 0.3 is 6.18 Å². The van der Waals surface area contributed by atoms with Gasteiger partial charge in [0, 0.05) is 0 Å². The van der Waals surface area contributed by atoms with Crippen molar-refractivity contribution in [3.63, 3.8) is 0 Å². The zero-order valence-corrected chi connectivity index (χ0v) is 6.69. The molecule has 0 amide bonds. The van der Waals surface area contributed by atoms with Gasteiger partial charge in [0.15, 0.2) is 5.83 Å². The molecule has 0 aliphatic carbocycles. The predicted molar refractivity (Wildman–Crippen MR) is 34.4 cm³/mol. The quantitative estimate of drug-likeness (QED) is 0.383. The minimum atomic E-state index is -5.58. The summed E-state index contributed by atoms with van der Waals surface area (Å²) in [6.07, 6.45) is -9.74. The van der Waals surface area contributed by atoms with Gasteiger partial charge in [-0.3, -0.25) is 0 Å². The first kappa shape index (κ1) is 12.4. The molecule has 0 saturated carbocycles. The van der Waals surface area contributed by atoms with Gasteiger partial charge in [-0.2, -0.15) is 17.6 Å². The highest BCUT2D eigenvalue weighted by Gasteiger charge is 2.57. The van der Waals surface area contributed by atoms with Crippen molar-refractivity contribution in [3.05, 3.63) is 18.1 Å². The van der Waals surface area contributed by atoms with Crippen molar-refractivity contribution in [1.29, 1.82) is 0 Å². The van der Waals surface area contributed by atoms with E-state index >= 15 is 0 Å². The van der Waals surface area contributed by atoms with Crippen molar-refractivity contribution < 1.29 is 26.3 Å². The molecule has 0 aromatic heterocycles. The second-order valence-corrected chi connectivity index (χ2v) is 2.57. The molecule has 0 aliphatic heterocycles. The molecule has 2 atom stereocenters. The lowest BCUT2D eigenvalue weighted by atomic mass is 10.2. The smallest absolute Gasteiger partial charge is 0.232 e. The highest BCUT2D eigenvalue weighted by molar-refractivity contribution is 6.25. The predicted octanol–water partition coefficient (Wildman–Crippen LogP) is 3.43. The molecule has 13 heavy (non-hydrogen) atoms. The van der Waals surface area contributed by atoms with Crippen LogP contribution in [-0.2, 0) is 0 Å². The fourth-order valence-electron chi connectivity index (χ4n) is 0.435. The van der Waals surface area contributed by atoms with Gasteiger partial charge in [0.25, 0.3) is 5.13 Å². The standard InChI is InChI=1S/C6H3ClF6/c1-2-3(8)5(7,10)4(9)6(11,12)13/h4H,1H2. The van der Waals surface area contributed by atoms with Crippen LogP contribution >= 0.6 is 11.6 Å². The molecule has 0 bridgehead atoms. The van der Waals surface area contributed by atoms with Crippen molar-refractivity contribution in [2.45, 2.75) is 17.5 Å². The van der Waals surface area contributed by atoms with Crippen molar-refractivity contribution in [3.8, 4) is 0 Å². The Hall–Kier alpha value is -0.610. The van der Waals surface area contributed by atoms with Crippen LogP contribution in [0.25, 0.3) is 0 Å². The van der Waals surface area contributed by atoms with Crippen LogP contribution in [0.2, 0.25) is 0 Å². The Kier molecular flexibility index (Phi) is 3.47. The van der Waals surface area contributed by atoms with E-state index in [0.29, 0.717) is 0 Å². The van der Waals surface area contributed by atoms with Crippen LogP contribution in [0.15, 0.2) is 18.1 Å². The summed E-state index contributed by atoms with van der Waals surface area (Å²) in [5.41, 5.74) is 1.11. The number of allylic oxidation sites excluding steroid dienone is 1. The number of halogens is 7. The third-order valence-electron chi connectivity index (χ3n) is 1.05. The van der Waals surface area contributed by atoms with Crippen LogP contribution in [0.4, 0.5) is 26.3 Å². The summed E-state index contributed by atoms with van der Waals surface area (Å²) in [7, 11) is 0. The summed E-state index contributed by atoms with van der Waals surface area (Å²) < 4.78 is 71.4. The summed E-state index contributed by atoms with van der Waals surface area (Å²) in [5, 5.41) is -4.29. The van der Waals surface area contributed by atoms with Gasteiger partial charge in [-0.25, -0.2) is 8.78 Å². The summed E-state index contributed by atoms with van der Waals surface area (Å²) in [6.45, 7) is 2.50.